The van der Waals surface area contributed by atoms with Crippen LogP contribution in [0.15, 0.2) is 53.6 Å². The average Bonchev–Trinajstić information content (AvgIpc) is 2.74. The first-order valence-corrected chi connectivity index (χ1v) is 11.7. The zero-order valence-corrected chi connectivity index (χ0v) is 18.9. The molecule has 0 aliphatic carbocycles. The zero-order valence-electron chi connectivity index (χ0n) is 17.3. The molecule has 1 aliphatic heterocycles. The Labute approximate surface area is 187 Å². The van der Waals surface area contributed by atoms with Crippen LogP contribution in [-0.2, 0) is 10.0 Å². The Balaban J connectivity index is 1.47. The van der Waals surface area contributed by atoms with Crippen LogP contribution in [0.2, 0.25) is 5.02 Å². The van der Waals surface area contributed by atoms with E-state index in [2.05, 4.69) is 25.2 Å². The van der Waals surface area contributed by atoms with E-state index in [4.69, 9.17) is 11.6 Å². The number of hydrogen-bond acceptors (Lipinski definition) is 7. The van der Waals surface area contributed by atoms with E-state index >= 15 is 0 Å². The second-order valence-corrected chi connectivity index (χ2v) is 9.72. The van der Waals surface area contributed by atoms with Gasteiger partial charge in [0.25, 0.3) is 0 Å². The number of hydrogen-bond donors (Lipinski definition) is 1. The van der Waals surface area contributed by atoms with Gasteiger partial charge >= 0.3 is 0 Å². The molecule has 1 fully saturated rings. The van der Waals surface area contributed by atoms with E-state index in [1.807, 2.05) is 32.0 Å². The number of anilines is 3. The van der Waals surface area contributed by atoms with Gasteiger partial charge in [-0.3, -0.25) is 0 Å². The molecule has 0 radical (unpaired) electrons. The van der Waals surface area contributed by atoms with E-state index in [9.17, 15) is 8.42 Å². The molecule has 8 nitrogen and oxygen atoms in total. The highest BCUT2D eigenvalue weighted by atomic mass is 35.5. The standard InChI is InChI=1S/C21H23ClN6O2S/c1-15-7-8-23-19(13-15)26-20-14-21(25-16(2)24-20)27-9-11-28(12-10-27)31(29,30)18-5-3-17(22)4-6-18/h3-8,13-14H,9-12H2,1-2H3,(H,23,24,25,26). The number of rotatable bonds is 5. The molecule has 3 heterocycles. The van der Waals surface area contributed by atoms with E-state index in [1.54, 1.807) is 18.3 Å². The van der Waals surface area contributed by atoms with Gasteiger partial charge in [-0.2, -0.15) is 4.31 Å². The Kier molecular flexibility index (Phi) is 6.08. The number of halogens is 1. The van der Waals surface area contributed by atoms with Crippen molar-refractivity contribution in [3.8, 4) is 0 Å². The fraction of sp³-hybridized carbons (Fsp3) is 0.286. The third-order valence-electron chi connectivity index (χ3n) is 5.01. The van der Waals surface area contributed by atoms with Crippen LogP contribution in [0.4, 0.5) is 17.5 Å². The SMILES string of the molecule is Cc1ccnc(Nc2cc(N3CCN(S(=O)(=O)c4ccc(Cl)cc4)CC3)nc(C)n2)c1. The molecule has 2 aromatic heterocycles. The van der Waals surface area contributed by atoms with Crippen molar-refractivity contribution in [2.75, 3.05) is 36.4 Å². The summed E-state index contributed by atoms with van der Waals surface area (Å²) in [4.78, 5) is 15.6. The maximum atomic E-state index is 12.9. The lowest BCUT2D eigenvalue weighted by Crippen LogP contribution is -2.49. The molecule has 10 heteroatoms. The van der Waals surface area contributed by atoms with Crippen LogP contribution < -0.4 is 10.2 Å². The van der Waals surface area contributed by atoms with Gasteiger partial charge in [0.1, 0.15) is 23.3 Å². The number of pyridine rings is 1. The quantitative estimate of drug-likeness (QED) is 0.626. The van der Waals surface area contributed by atoms with Gasteiger partial charge in [-0.25, -0.2) is 23.4 Å². The first-order chi connectivity index (χ1) is 14.8. The first kappa shape index (κ1) is 21.5. The van der Waals surface area contributed by atoms with Crippen molar-refractivity contribution in [3.63, 3.8) is 0 Å². The molecule has 1 aromatic carbocycles. The van der Waals surface area contributed by atoms with Gasteiger partial charge in [0.2, 0.25) is 10.0 Å². The smallest absolute Gasteiger partial charge is 0.243 e. The molecular weight excluding hydrogens is 436 g/mol. The topological polar surface area (TPSA) is 91.3 Å². The summed E-state index contributed by atoms with van der Waals surface area (Å²) >= 11 is 5.88. The summed E-state index contributed by atoms with van der Waals surface area (Å²) in [6.45, 7) is 5.64. The van der Waals surface area contributed by atoms with Crippen LogP contribution in [0.25, 0.3) is 0 Å². The molecule has 0 atom stereocenters. The molecule has 0 amide bonds. The van der Waals surface area contributed by atoms with Gasteiger partial charge in [-0.15, -0.1) is 0 Å². The third-order valence-corrected chi connectivity index (χ3v) is 7.17. The lowest BCUT2D eigenvalue weighted by atomic mass is 10.3. The van der Waals surface area contributed by atoms with Crippen molar-refractivity contribution in [2.24, 2.45) is 0 Å². The number of aryl methyl sites for hydroxylation is 2. The van der Waals surface area contributed by atoms with E-state index in [1.165, 1.54) is 16.4 Å². The fourth-order valence-corrected chi connectivity index (χ4v) is 4.98. The molecule has 31 heavy (non-hydrogen) atoms. The second-order valence-electron chi connectivity index (χ2n) is 7.35. The van der Waals surface area contributed by atoms with E-state index in [0.717, 1.165) is 11.4 Å². The van der Waals surface area contributed by atoms with Gasteiger partial charge in [0.15, 0.2) is 0 Å². The molecular formula is C21H23ClN6O2S. The Morgan fingerprint density at radius 1 is 0.935 bits per heavy atom. The van der Waals surface area contributed by atoms with E-state index in [0.29, 0.717) is 48.7 Å². The molecule has 0 saturated carbocycles. The average molecular weight is 459 g/mol. The molecule has 1 saturated heterocycles. The first-order valence-electron chi connectivity index (χ1n) is 9.87. The Morgan fingerprint density at radius 3 is 2.32 bits per heavy atom. The van der Waals surface area contributed by atoms with Gasteiger partial charge in [0, 0.05) is 43.5 Å². The molecule has 0 bridgehead atoms. The summed E-state index contributed by atoms with van der Waals surface area (Å²) in [5.41, 5.74) is 1.10. The number of nitrogens with one attached hydrogen (secondary N) is 1. The van der Waals surface area contributed by atoms with E-state index in [-0.39, 0.29) is 4.90 Å². The van der Waals surface area contributed by atoms with Crippen molar-refractivity contribution in [2.45, 2.75) is 18.7 Å². The molecule has 1 N–H and O–H groups in total. The van der Waals surface area contributed by atoms with Crippen LogP contribution in [0, 0.1) is 13.8 Å². The lowest BCUT2D eigenvalue weighted by molar-refractivity contribution is 0.383. The van der Waals surface area contributed by atoms with Crippen LogP contribution in [-0.4, -0.2) is 53.9 Å². The number of sulfonamides is 1. The fourth-order valence-electron chi connectivity index (χ4n) is 3.43. The number of aromatic nitrogens is 3. The van der Waals surface area contributed by atoms with Crippen molar-refractivity contribution < 1.29 is 8.42 Å². The van der Waals surface area contributed by atoms with Crippen molar-refractivity contribution >= 4 is 39.1 Å². The number of nitrogens with zero attached hydrogens (tertiary/aromatic N) is 5. The highest BCUT2D eigenvalue weighted by Gasteiger charge is 2.29. The lowest BCUT2D eigenvalue weighted by Gasteiger charge is -2.34. The molecule has 0 spiro atoms. The summed E-state index contributed by atoms with van der Waals surface area (Å²) < 4.78 is 27.3. The second kappa shape index (κ2) is 8.78. The molecule has 1 aliphatic rings. The summed E-state index contributed by atoms with van der Waals surface area (Å²) in [7, 11) is -3.55. The third kappa shape index (κ3) is 4.95. The van der Waals surface area contributed by atoms with Gasteiger partial charge in [0.05, 0.1) is 4.90 Å². The molecule has 3 aromatic rings. The predicted octanol–water partition coefficient (Wildman–Crippen LogP) is 3.40. The highest BCUT2D eigenvalue weighted by molar-refractivity contribution is 7.89. The van der Waals surface area contributed by atoms with Gasteiger partial charge in [-0.1, -0.05) is 11.6 Å². The van der Waals surface area contributed by atoms with Crippen LogP contribution >= 0.6 is 11.6 Å². The van der Waals surface area contributed by atoms with Crippen LogP contribution in [0.1, 0.15) is 11.4 Å². The highest BCUT2D eigenvalue weighted by Crippen LogP contribution is 2.23. The minimum absolute atomic E-state index is 0.250. The molecule has 162 valence electrons. The minimum atomic E-state index is -3.55. The number of benzene rings is 1. The number of piperazine rings is 1. The van der Waals surface area contributed by atoms with Crippen LogP contribution in [0.5, 0.6) is 0 Å². The zero-order chi connectivity index (χ0) is 22.0. The van der Waals surface area contributed by atoms with Gasteiger partial charge in [-0.05, 0) is 55.8 Å². The largest absolute Gasteiger partial charge is 0.354 e. The minimum Gasteiger partial charge on any atom is -0.354 e. The Morgan fingerprint density at radius 2 is 1.65 bits per heavy atom. The maximum absolute atomic E-state index is 12.9. The Hall–Kier alpha value is -2.75. The van der Waals surface area contributed by atoms with Crippen molar-refractivity contribution in [1.29, 1.82) is 0 Å². The maximum Gasteiger partial charge on any atom is 0.243 e. The van der Waals surface area contributed by atoms with Crippen molar-refractivity contribution in [3.05, 3.63) is 65.1 Å². The van der Waals surface area contributed by atoms with E-state index < -0.39 is 10.0 Å². The van der Waals surface area contributed by atoms with Crippen molar-refractivity contribution in [1.82, 2.24) is 19.3 Å². The predicted molar refractivity (Wildman–Crippen MR) is 121 cm³/mol. The van der Waals surface area contributed by atoms with Crippen LogP contribution in [0.3, 0.4) is 0 Å². The molecule has 4 rings (SSSR count). The molecule has 0 unspecified atom stereocenters. The summed E-state index contributed by atoms with van der Waals surface area (Å²) in [6.07, 6.45) is 1.74. The Bertz CT molecular complexity index is 1180. The summed E-state index contributed by atoms with van der Waals surface area (Å²) in [5, 5.41) is 3.73. The normalized spacial score (nSPS) is 15.1. The summed E-state index contributed by atoms with van der Waals surface area (Å²) in [5.74, 6) is 2.75. The summed E-state index contributed by atoms with van der Waals surface area (Å²) in [6, 6.07) is 12.0. The van der Waals surface area contributed by atoms with Gasteiger partial charge < -0.3 is 10.2 Å². The monoisotopic (exact) mass is 458 g/mol.